The molecule has 4 aliphatic rings. The maximum atomic E-state index is 13.7. The lowest BCUT2D eigenvalue weighted by molar-refractivity contribution is -0.271. The molecule has 6 heteroatoms. The van der Waals surface area contributed by atoms with E-state index in [1.807, 2.05) is 18.2 Å². The summed E-state index contributed by atoms with van der Waals surface area (Å²) in [6.45, 7) is 11.3. The largest absolute Gasteiger partial charge is 0.459 e. The first-order valence-corrected chi connectivity index (χ1v) is 15.9. The summed E-state index contributed by atoms with van der Waals surface area (Å²) in [5.41, 5.74) is -1.14. The SMILES string of the molecule is CC(C)C(CC[C@@H](C)[C@H]1CC[C@H]2[C@@H]3CC=C4C[C@](O)(C(F)(F)F)CC[C@]4(C)[C@H]3CC[C@]12C)OC(=O)c1ccccc1. The highest BCUT2D eigenvalue weighted by atomic mass is 19.4. The van der Waals surface area contributed by atoms with Gasteiger partial charge in [-0.2, -0.15) is 13.2 Å². The van der Waals surface area contributed by atoms with Crippen molar-refractivity contribution in [3.8, 4) is 0 Å². The summed E-state index contributed by atoms with van der Waals surface area (Å²) < 4.78 is 47.0. The molecule has 0 spiro atoms. The fourth-order valence-corrected chi connectivity index (χ4v) is 9.80. The zero-order valence-electron chi connectivity index (χ0n) is 25.5. The number of benzene rings is 1. The van der Waals surface area contributed by atoms with Crippen LogP contribution in [0.2, 0.25) is 0 Å². The number of hydrogen-bond acceptors (Lipinski definition) is 3. The molecule has 0 amide bonds. The van der Waals surface area contributed by atoms with Gasteiger partial charge in [0, 0.05) is 6.42 Å². The molecule has 0 radical (unpaired) electrons. The zero-order chi connectivity index (χ0) is 29.8. The van der Waals surface area contributed by atoms with Crippen molar-refractivity contribution in [2.45, 2.75) is 117 Å². The van der Waals surface area contributed by atoms with E-state index in [9.17, 15) is 23.1 Å². The van der Waals surface area contributed by atoms with Crippen LogP contribution < -0.4 is 0 Å². The lowest BCUT2D eigenvalue weighted by atomic mass is 9.46. The first kappa shape index (κ1) is 30.6. The van der Waals surface area contributed by atoms with Gasteiger partial charge in [-0.1, -0.05) is 64.5 Å². The van der Waals surface area contributed by atoms with Crippen LogP contribution in [0, 0.1) is 46.3 Å². The molecule has 0 aromatic heterocycles. The number of alkyl halides is 3. The van der Waals surface area contributed by atoms with E-state index in [0.29, 0.717) is 41.6 Å². The normalized spacial score (nSPS) is 38.3. The van der Waals surface area contributed by atoms with Gasteiger partial charge < -0.3 is 9.84 Å². The first-order chi connectivity index (χ1) is 19.2. The van der Waals surface area contributed by atoms with Crippen LogP contribution in [-0.4, -0.2) is 29.0 Å². The number of hydrogen-bond donors (Lipinski definition) is 1. The number of halogens is 3. The summed E-state index contributed by atoms with van der Waals surface area (Å²) in [6, 6.07) is 9.20. The van der Waals surface area contributed by atoms with Gasteiger partial charge >= 0.3 is 12.1 Å². The molecule has 1 aromatic carbocycles. The maximum absolute atomic E-state index is 13.7. The summed E-state index contributed by atoms with van der Waals surface area (Å²) in [7, 11) is 0. The minimum atomic E-state index is -4.58. The molecule has 3 saturated carbocycles. The van der Waals surface area contributed by atoms with Crippen LogP contribution in [-0.2, 0) is 4.74 Å². The smallest absolute Gasteiger partial charge is 0.417 e. The number of aliphatic hydroxyl groups is 1. The van der Waals surface area contributed by atoms with E-state index in [1.54, 1.807) is 12.1 Å². The molecule has 0 heterocycles. The number of ether oxygens (including phenoxy) is 1. The average molecular weight is 575 g/mol. The van der Waals surface area contributed by atoms with Crippen molar-refractivity contribution in [2.24, 2.45) is 46.3 Å². The summed E-state index contributed by atoms with van der Waals surface area (Å²) in [4.78, 5) is 12.7. The Morgan fingerprint density at radius 3 is 2.37 bits per heavy atom. The topological polar surface area (TPSA) is 46.5 Å². The number of fused-ring (bicyclic) bond motifs is 5. The highest BCUT2D eigenvalue weighted by molar-refractivity contribution is 5.89. The molecule has 9 atom stereocenters. The van der Waals surface area contributed by atoms with Gasteiger partial charge in [0.05, 0.1) is 5.56 Å². The molecule has 0 aliphatic heterocycles. The molecular weight excluding hydrogens is 525 g/mol. The Morgan fingerprint density at radius 1 is 1.00 bits per heavy atom. The van der Waals surface area contributed by atoms with Crippen molar-refractivity contribution < 1.29 is 27.8 Å². The molecule has 228 valence electrons. The molecule has 41 heavy (non-hydrogen) atoms. The van der Waals surface area contributed by atoms with E-state index in [-0.39, 0.29) is 41.7 Å². The van der Waals surface area contributed by atoms with Crippen LogP contribution >= 0.6 is 0 Å². The minimum absolute atomic E-state index is 0.116. The number of carbonyl (C=O) groups excluding carboxylic acids is 1. The quantitative estimate of drug-likeness (QED) is 0.261. The Labute approximate surface area is 244 Å². The lowest BCUT2D eigenvalue weighted by Crippen LogP contribution is -2.55. The van der Waals surface area contributed by atoms with Crippen LogP contribution in [0.3, 0.4) is 0 Å². The average Bonchev–Trinajstić information content (AvgIpc) is 3.28. The van der Waals surface area contributed by atoms with Gasteiger partial charge in [-0.3, -0.25) is 0 Å². The van der Waals surface area contributed by atoms with E-state index in [4.69, 9.17) is 4.74 Å². The predicted molar refractivity (Wildman–Crippen MR) is 155 cm³/mol. The van der Waals surface area contributed by atoms with E-state index in [0.717, 1.165) is 37.7 Å². The Morgan fingerprint density at radius 2 is 1.71 bits per heavy atom. The third kappa shape index (κ3) is 5.40. The number of rotatable bonds is 7. The molecule has 1 N–H and O–H groups in total. The molecule has 5 rings (SSSR count). The van der Waals surface area contributed by atoms with Crippen LogP contribution in [0.4, 0.5) is 13.2 Å². The fourth-order valence-electron chi connectivity index (χ4n) is 9.80. The van der Waals surface area contributed by atoms with E-state index < -0.39 is 11.8 Å². The van der Waals surface area contributed by atoms with Crippen molar-refractivity contribution in [1.82, 2.24) is 0 Å². The van der Waals surface area contributed by atoms with Gasteiger partial charge in [-0.05, 0) is 116 Å². The molecule has 3 nitrogen and oxygen atoms in total. The van der Waals surface area contributed by atoms with Gasteiger partial charge in [0.2, 0.25) is 0 Å². The van der Waals surface area contributed by atoms with Crippen LogP contribution in [0.15, 0.2) is 42.0 Å². The third-order valence-electron chi connectivity index (χ3n) is 12.4. The molecule has 1 aromatic rings. The standard InChI is InChI=1S/C35H49F3O3/c1-22(2)30(41-31(39)24-9-7-6-8-10-24)16-11-23(3)27-14-15-28-26-13-12-25-21-34(40,35(36,37)38)20-19-32(25,4)29(26)17-18-33(27,28)5/h6-10,12,22-23,26-30,40H,11,13-21H2,1-5H3/t23-,26+,27-,28+,29+,30?,32+,33-,34+/m1/s1. The van der Waals surface area contributed by atoms with Gasteiger partial charge in [0.1, 0.15) is 6.10 Å². The van der Waals surface area contributed by atoms with Crippen molar-refractivity contribution >= 4 is 5.97 Å². The van der Waals surface area contributed by atoms with Crippen molar-refractivity contribution in [3.05, 3.63) is 47.5 Å². The zero-order valence-corrected chi connectivity index (χ0v) is 25.5. The predicted octanol–water partition coefficient (Wildman–Crippen LogP) is 9.16. The molecular formula is C35H49F3O3. The lowest BCUT2D eigenvalue weighted by Gasteiger charge is -2.59. The molecule has 3 fully saturated rings. The van der Waals surface area contributed by atoms with E-state index in [2.05, 4.69) is 40.7 Å². The van der Waals surface area contributed by atoms with Gasteiger partial charge in [-0.15, -0.1) is 0 Å². The van der Waals surface area contributed by atoms with Crippen molar-refractivity contribution in [2.75, 3.05) is 0 Å². The van der Waals surface area contributed by atoms with Crippen LogP contribution in [0.5, 0.6) is 0 Å². The third-order valence-corrected chi connectivity index (χ3v) is 12.4. The minimum Gasteiger partial charge on any atom is -0.459 e. The van der Waals surface area contributed by atoms with E-state index in [1.165, 1.54) is 12.8 Å². The number of allylic oxidation sites excluding steroid dienone is 1. The second-order valence-electron chi connectivity index (χ2n) is 14.8. The van der Waals surface area contributed by atoms with Gasteiger partial charge in [0.15, 0.2) is 5.60 Å². The molecule has 4 aliphatic carbocycles. The Hall–Kier alpha value is -1.82. The molecule has 0 bridgehead atoms. The van der Waals surface area contributed by atoms with Crippen LogP contribution in [0.25, 0.3) is 0 Å². The van der Waals surface area contributed by atoms with Crippen LogP contribution in [0.1, 0.15) is 109 Å². The number of carbonyl (C=O) groups is 1. The molecule has 0 saturated heterocycles. The number of esters is 1. The van der Waals surface area contributed by atoms with Crippen molar-refractivity contribution in [1.29, 1.82) is 0 Å². The monoisotopic (exact) mass is 574 g/mol. The van der Waals surface area contributed by atoms with E-state index >= 15 is 0 Å². The highest BCUT2D eigenvalue weighted by Gasteiger charge is 2.63. The second-order valence-corrected chi connectivity index (χ2v) is 14.8. The first-order valence-electron chi connectivity index (χ1n) is 15.9. The van der Waals surface area contributed by atoms with Gasteiger partial charge in [-0.25, -0.2) is 4.79 Å². The highest BCUT2D eigenvalue weighted by Crippen LogP contribution is 2.68. The Kier molecular flexibility index (Phi) is 8.24. The molecule has 1 unspecified atom stereocenters. The summed E-state index contributed by atoms with van der Waals surface area (Å²) in [5.74, 6) is 2.60. The Balaban J connectivity index is 1.25. The summed E-state index contributed by atoms with van der Waals surface area (Å²) in [6.07, 6.45) is 4.63. The Bertz CT molecular complexity index is 1130. The summed E-state index contributed by atoms with van der Waals surface area (Å²) in [5, 5.41) is 10.5. The van der Waals surface area contributed by atoms with Crippen molar-refractivity contribution in [3.63, 3.8) is 0 Å². The fraction of sp³-hybridized carbons (Fsp3) is 0.743. The maximum Gasteiger partial charge on any atom is 0.417 e. The second kappa shape index (κ2) is 11.0. The summed E-state index contributed by atoms with van der Waals surface area (Å²) >= 11 is 0. The van der Waals surface area contributed by atoms with Gasteiger partial charge in [0.25, 0.3) is 0 Å².